The molecular weight excluding hydrogens is 166 g/mol. The van der Waals surface area contributed by atoms with Crippen molar-refractivity contribution in [2.75, 3.05) is 6.61 Å². The van der Waals surface area contributed by atoms with Crippen molar-refractivity contribution in [3.8, 4) is 0 Å². The van der Waals surface area contributed by atoms with Crippen molar-refractivity contribution in [3.63, 3.8) is 0 Å². The highest BCUT2D eigenvalue weighted by atomic mass is 16.6. The predicted molar refractivity (Wildman–Crippen MR) is 50.6 cm³/mol. The maximum atomic E-state index is 8.91. The minimum Gasteiger partial charge on any atom is -0.392 e. The summed E-state index contributed by atoms with van der Waals surface area (Å²) >= 11 is 0. The van der Waals surface area contributed by atoms with Crippen LogP contribution in [-0.2, 0) is 4.84 Å². The van der Waals surface area contributed by atoms with Gasteiger partial charge in [-0.2, -0.15) is 0 Å². The van der Waals surface area contributed by atoms with Gasteiger partial charge in [-0.3, -0.25) is 0 Å². The van der Waals surface area contributed by atoms with Crippen LogP contribution < -0.4 is 0 Å². The SMILES string of the molecule is CC1(C2=NOC(CO)C2)CCCC1. The van der Waals surface area contributed by atoms with Gasteiger partial charge in [-0.05, 0) is 12.8 Å². The summed E-state index contributed by atoms with van der Waals surface area (Å²) in [7, 11) is 0. The Balaban J connectivity index is 2.02. The molecular formula is C10H17NO2. The van der Waals surface area contributed by atoms with E-state index in [4.69, 9.17) is 9.94 Å². The van der Waals surface area contributed by atoms with Crippen LogP contribution in [0.25, 0.3) is 0 Å². The van der Waals surface area contributed by atoms with Gasteiger partial charge < -0.3 is 9.94 Å². The molecule has 3 heteroatoms. The molecule has 0 bridgehead atoms. The Morgan fingerprint density at radius 1 is 1.54 bits per heavy atom. The van der Waals surface area contributed by atoms with Gasteiger partial charge in [-0.1, -0.05) is 24.9 Å². The van der Waals surface area contributed by atoms with Crippen LogP contribution in [0.15, 0.2) is 5.16 Å². The van der Waals surface area contributed by atoms with Crippen LogP contribution in [0.2, 0.25) is 0 Å². The zero-order chi connectivity index (χ0) is 9.31. The molecule has 13 heavy (non-hydrogen) atoms. The van der Waals surface area contributed by atoms with E-state index in [2.05, 4.69) is 12.1 Å². The lowest BCUT2D eigenvalue weighted by molar-refractivity contribution is 0.0390. The van der Waals surface area contributed by atoms with E-state index in [1.54, 1.807) is 0 Å². The molecule has 1 aliphatic heterocycles. The molecule has 0 radical (unpaired) electrons. The maximum Gasteiger partial charge on any atom is 0.155 e. The lowest BCUT2D eigenvalue weighted by Crippen LogP contribution is -2.25. The van der Waals surface area contributed by atoms with Crippen LogP contribution in [0.4, 0.5) is 0 Å². The maximum absolute atomic E-state index is 8.91. The Morgan fingerprint density at radius 3 is 2.77 bits per heavy atom. The summed E-state index contributed by atoms with van der Waals surface area (Å²) in [5, 5.41) is 13.0. The van der Waals surface area contributed by atoms with Gasteiger partial charge in [0.15, 0.2) is 6.10 Å². The summed E-state index contributed by atoms with van der Waals surface area (Å²) in [6.07, 6.45) is 5.82. The Labute approximate surface area is 78.8 Å². The summed E-state index contributed by atoms with van der Waals surface area (Å²) in [6.45, 7) is 2.35. The smallest absolute Gasteiger partial charge is 0.155 e. The third-order valence-corrected chi connectivity index (χ3v) is 3.34. The van der Waals surface area contributed by atoms with Crippen molar-refractivity contribution in [2.24, 2.45) is 10.6 Å². The lowest BCUT2D eigenvalue weighted by atomic mass is 9.81. The monoisotopic (exact) mass is 183 g/mol. The Bertz CT molecular complexity index is 219. The zero-order valence-electron chi connectivity index (χ0n) is 8.12. The molecule has 0 saturated heterocycles. The van der Waals surface area contributed by atoms with E-state index >= 15 is 0 Å². The van der Waals surface area contributed by atoms with Gasteiger partial charge in [0.1, 0.15) is 0 Å². The van der Waals surface area contributed by atoms with Crippen molar-refractivity contribution in [2.45, 2.75) is 45.1 Å². The molecule has 0 spiro atoms. The first-order valence-electron chi connectivity index (χ1n) is 5.09. The minimum absolute atomic E-state index is 0.0765. The molecule has 3 nitrogen and oxygen atoms in total. The fourth-order valence-electron chi connectivity index (χ4n) is 2.33. The second-order valence-electron chi connectivity index (χ2n) is 4.42. The van der Waals surface area contributed by atoms with E-state index in [1.807, 2.05) is 0 Å². The summed E-state index contributed by atoms with van der Waals surface area (Å²) in [4.78, 5) is 5.13. The van der Waals surface area contributed by atoms with Gasteiger partial charge in [-0.15, -0.1) is 0 Å². The fraction of sp³-hybridized carbons (Fsp3) is 0.900. The average Bonchev–Trinajstić information content (AvgIpc) is 2.72. The highest BCUT2D eigenvalue weighted by molar-refractivity contribution is 5.91. The van der Waals surface area contributed by atoms with Gasteiger partial charge in [0.25, 0.3) is 0 Å². The summed E-state index contributed by atoms with van der Waals surface area (Å²) in [5.74, 6) is 0. The molecule has 1 N–H and O–H groups in total. The molecule has 1 unspecified atom stereocenters. The third-order valence-electron chi connectivity index (χ3n) is 3.34. The normalized spacial score (nSPS) is 31.5. The molecule has 1 saturated carbocycles. The van der Waals surface area contributed by atoms with Crippen LogP contribution in [0.3, 0.4) is 0 Å². The first-order valence-corrected chi connectivity index (χ1v) is 5.09. The molecule has 0 amide bonds. The number of hydrogen-bond donors (Lipinski definition) is 1. The molecule has 2 rings (SSSR count). The Morgan fingerprint density at radius 2 is 2.23 bits per heavy atom. The molecule has 0 aromatic carbocycles. The van der Waals surface area contributed by atoms with Crippen LogP contribution in [0, 0.1) is 5.41 Å². The van der Waals surface area contributed by atoms with Crippen LogP contribution in [0.1, 0.15) is 39.0 Å². The number of rotatable bonds is 2. The number of hydrogen-bond acceptors (Lipinski definition) is 3. The zero-order valence-corrected chi connectivity index (χ0v) is 8.12. The van der Waals surface area contributed by atoms with Crippen molar-refractivity contribution in [1.82, 2.24) is 0 Å². The van der Waals surface area contributed by atoms with Crippen molar-refractivity contribution in [3.05, 3.63) is 0 Å². The fourth-order valence-corrected chi connectivity index (χ4v) is 2.33. The van der Waals surface area contributed by atoms with Gasteiger partial charge >= 0.3 is 0 Å². The Kier molecular flexibility index (Phi) is 2.28. The summed E-state index contributed by atoms with van der Waals surface area (Å²) in [5.41, 5.74) is 1.44. The standard InChI is InChI=1S/C10H17NO2/c1-10(4-2-3-5-10)9-6-8(7-12)13-11-9/h8,12H,2-7H2,1H3. The van der Waals surface area contributed by atoms with Crippen molar-refractivity contribution < 1.29 is 9.94 Å². The lowest BCUT2D eigenvalue weighted by Gasteiger charge is -2.21. The van der Waals surface area contributed by atoms with Crippen LogP contribution in [-0.4, -0.2) is 23.5 Å². The van der Waals surface area contributed by atoms with Gasteiger partial charge in [0.05, 0.1) is 12.3 Å². The van der Waals surface area contributed by atoms with Gasteiger partial charge in [-0.25, -0.2) is 0 Å². The molecule has 1 fully saturated rings. The molecule has 1 aliphatic carbocycles. The summed E-state index contributed by atoms with van der Waals surface area (Å²) in [6, 6.07) is 0. The molecule has 1 atom stereocenters. The van der Waals surface area contributed by atoms with E-state index in [0.29, 0.717) is 0 Å². The highest BCUT2D eigenvalue weighted by Crippen LogP contribution is 2.41. The Hall–Kier alpha value is -0.570. The van der Waals surface area contributed by atoms with E-state index < -0.39 is 0 Å². The van der Waals surface area contributed by atoms with Crippen molar-refractivity contribution in [1.29, 1.82) is 0 Å². The molecule has 2 aliphatic rings. The number of nitrogens with zero attached hydrogens (tertiary/aromatic N) is 1. The van der Waals surface area contributed by atoms with E-state index in [9.17, 15) is 0 Å². The number of oxime groups is 1. The third kappa shape index (κ3) is 1.57. The van der Waals surface area contributed by atoms with E-state index in [-0.39, 0.29) is 18.1 Å². The van der Waals surface area contributed by atoms with E-state index in [0.717, 1.165) is 6.42 Å². The second kappa shape index (κ2) is 3.29. The first kappa shape index (κ1) is 9.00. The largest absolute Gasteiger partial charge is 0.392 e. The molecule has 0 aromatic heterocycles. The topological polar surface area (TPSA) is 41.8 Å². The quantitative estimate of drug-likeness (QED) is 0.708. The van der Waals surface area contributed by atoms with Gasteiger partial charge in [0, 0.05) is 11.8 Å². The van der Waals surface area contributed by atoms with Crippen LogP contribution in [0.5, 0.6) is 0 Å². The molecule has 1 heterocycles. The first-order chi connectivity index (χ1) is 6.24. The second-order valence-corrected chi connectivity index (χ2v) is 4.42. The average molecular weight is 183 g/mol. The number of aliphatic hydroxyl groups is 1. The van der Waals surface area contributed by atoms with Crippen molar-refractivity contribution >= 4 is 5.71 Å². The predicted octanol–water partition coefficient (Wildman–Crippen LogP) is 1.70. The van der Waals surface area contributed by atoms with E-state index in [1.165, 1.54) is 31.4 Å². The molecule has 0 aromatic rings. The van der Waals surface area contributed by atoms with Gasteiger partial charge in [0.2, 0.25) is 0 Å². The summed E-state index contributed by atoms with van der Waals surface area (Å²) < 4.78 is 0. The highest BCUT2D eigenvalue weighted by Gasteiger charge is 2.38. The molecule has 74 valence electrons. The van der Waals surface area contributed by atoms with Crippen LogP contribution >= 0.6 is 0 Å². The minimum atomic E-state index is -0.0765. The number of aliphatic hydroxyl groups excluding tert-OH is 1.